The van der Waals surface area contributed by atoms with Gasteiger partial charge in [-0.05, 0) is 51.0 Å². The van der Waals surface area contributed by atoms with Gasteiger partial charge in [0.1, 0.15) is 11.5 Å². The molecule has 0 radical (unpaired) electrons. The maximum atomic E-state index is 5.91. The van der Waals surface area contributed by atoms with Crippen LogP contribution >= 0.6 is 0 Å². The molecule has 0 atom stereocenters. The topological polar surface area (TPSA) is 9.23 Å². The molecule has 0 heterocycles. The molecule has 0 saturated heterocycles. The highest BCUT2D eigenvalue weighted by Gasteiger charge is 2.04. The van der Waals surface area contributed by atoms with Crippen LogP contribution in [0.3, 0.4) is 0 Å². The Bertz CT molecular complexity index is 464. The van der Waals surface area contributed by atoms with Crippen LogP contribution in [0.25, 0.3) is 0 Å². The Hall–Kier alpha value is -1.76. The normalized spacial score (nSPS) is 12.5. The molecule has 0 unspecified atom stereocenters. The minimum atomic E-state index is 0.872. The molecular weight excluding hydrogens is 208 g/mol. The Kier molecular flexibility index (Phi) is 4.77. The Morgan fingerprint density at radius 3 is 2.53 bits per heavy atom. The Morgan fingerprint density at radius 1 is 1.29 bits per heavy atom. The fourth-order valence-electron chi connectivity index (χ4n) is 1.66. The van der Waals surface area contributed by atoms with E-state index in [1.54, 1.807) is 6.08 Å². The van der Waals surface area contributed by atoms with Crippen molar-refractivity contribution in [3.63, 3.8) is 0 Å². The highest BCUT2D eigenvalue weighted by Crippen LogP contribution is 2.23. The van der Waals surface area contributed by atoms with Gasteiger partial charge < -0.3 is 4.74 Å². The lowest BCUT2D eigenvalue weighted by Gasteiger charge is -2.12. The van der Waals surface area contributed by atoms with Crippen molar-refractivity contribution in [1.29, 1.82) is 0 Å². The van der Waals surface area contributed by atoms with Crippen molar-refractivity contribution < 1.29 is 4.74 Å². The van der Waals surface area contributed by atoms with Crippen LogP contribution in [-0.2, 0) is 0 Å². The number of aryl methyl sites for hydroxylation is 2. The molecule has 0 saturated carbocycles. The summed E-state index contributed by atoms with van der Waals surface area (Å²) in [5.74, 6) is 1.78. The Balaban J connectivity index is 2.96. The molecule has 0 spiro atoms. The standard InChI is InChI=1S/C16H20O/c1-6-8-13(4)15(7-2)17-16-10-9-12(3)11-14(16)5/h6-11H,1H2,2-5H3/b13-8-,15-7+. The van der Waals surface area contributed by atoms with Crippen LogP contribution in [0.1, 0.15) is 25.0 Å². The van der Waals surface area contributed by atoms with Crippen LogP contribution in [0, 0.1) is 13.8 Å². The molecule has 90 valence electrons. The van der Waals surface area contributed by atoms with E-state index in [-0.39, 0.29) is 0 Å². The smallest absolute Gasteiger partial charge is 0.130 e. The van der Waals surface area contributed by atoms with Crippen LogP contribution in [-0.4, -0.2) is 0 Å². The monoisotopic (exact) mass is 228 g/mol. The third kappa shape index (κ3) is 3.63. The predicted molar refractivity (Wildman–Crippen MR) is 74.3 cm³/mol. The number of hydrogen-bond donors (Lipinski definition) is 0. The molecule has 0 aliphatic carbocycles. The second-order valence-corrected chi connectivity index (χ2v) is 4.11. The molecule has 1 nitrogen and oxygen atoms in total. The first-order valence-electron chi connectivity index (χ1n) is 5.79. The molecule has 1 rings (SSSR count). The molecule has 0 fully saturated rings. The van der Waals surface area contributed by atoms with Crippen molar-refractivity contribution in [1.82, 2.24) is 0 Å². The quantitative estimate of drug-likeness (QED) is 0.535. The summed E-state index contributed by atoms with van der Waals surface area (Å²) in [6.45, 7) is 11.8. The third-order valence-electron chi connectivity index (χ3n) is 2.57. The second kappa shape index (κ2) is 6.09. The molecule has 17 heavy (non-hydrogen) atoms. The zero-order valence-electron chi connectivity index (χ0n) is 11.1. The molecular formula is C16H20O. The van der Waals surface area contributed by atoms with Crippen LogP contribution < -0.4 is 4.74 Å². The number of ether oxygens (including phenoxy) is 1. The highest BCUT2D eigenvalue weighted by atomic mass is 16.5. The van der Waals surface area contributed by atoms with Crippen molar-refractivity contribution in [2.75, 3.05) is 0 Å². The molecule has 1 aromatic rings. The van der Waals surface area contributed by atoms with E-state index in [4.69, 9.17) is 4.74 Å². The van der Waals surface area contributed by atoms with E-state index < -0.39 is 0 Å². The zero-order valence-corrected chi connectivity index (χ0v) is 11.1. The minimum Gasteiger partial charge on any atom is -0.457 e. The predicted octanol–water partition coefficient (Wildman–Crippen LogP) is 4.72. The van der Waals surface area contributed by atoms with Gasteiger partial charge in [0, 0.05) is 0 Å². The number of allylic oxidation sites excluding steroid dienone is 4. The fourth-order valence-corrected chi connectivity index (χ4v) is 1.66. The number of benzene rings is 1. The maximum Gasteiger partial charge on any atom is 0.130 e. The Morgan fingerprint density at radius 2 is 2.00 bits per heavy atom. The molecule has 0 N–H and O–H groups in total. The molecule has 1 aromatic carbocycles. The van der Waals surface area contributed by atoms with Crippen molar-refractivity contribution >= 4 is 0 Å². The lowest BCUT2D eigenvalue weighted by molar-refractivity contribution is 0.432. The number of rotatable bonds is 4. The zero-order chi connectivity index (χ0) is 12.8. The Labute approximate surface area is 104 Å². The van der Waals surface area contributed by atoms with Gasteiger partial charge in [0.2, 0.25) is 0 Å². The summed E-state index contributed by atoms with van der Waals surface area (Å²) >= 11 is 0. The third-order valence-corrected chi connectivity index (χ3v) is 2.57. The van der Waals surface area contributed by atoms with E-state index >= 15 is 0 Å². The average molecular weight is 228 g/mol. The van der Waals surface area contributed by atoms with Crippen molar-refractivity contribution in [2.24, 2.45) is 0 Å². The van der Waals surface area contributed by atoms with Gasteiger partial charge in [-0.1, -0.05) is 36.4 Å². The van der Waals surface area contributed by atoms with E-state index in [0.29, 0.717) is 0 Å². The van der Waals surface area contributed by atoms with Gasteiger partial charge in [0.15, 0.2) is 0 Å². The van der Waals surface area contributed by atoms with E-state index in [2.05, 4.69) is 32.6 Å². The number of hydrogen-bond acceptors (Lipinski definition) is 1. The lowest BCUT2D eigenvalue weighted by Crippen LogP contribution is -1.98. The van der Waals surface area contributed by atoms with E-state index in [9.17, 15) is 0 Å². The van der Waals surface area contributed by atoms with Gasteiger partial charge in [-0.3, -0.25) is 0 Å². The molecule has 0 aromatic heterocycles. The van der Waals surface area contributed by atoms with Gasteiger partial charge in [0.05, 0.1) is 0 Å². The molecule has 0 amide bonds. The SMILES string of the molecule is C=C/C=C(C)\C(=C/C)Oc1ccc(C)cc1C. The van der Waals surface area contributed by atoms with Gasteiger partial charge >= 0.3 is 0 Å². The largest absolute Gasteiger partial charge is 0.457 e. The van der Waals surface area contributed by atoms with Crippen LogP contribution in [0.2, 0.25) is 0 Å². The van der Waals surface area contributed by atoms with E-state index in [0.717, 1.165) is 22.6 Å². The van der Waals surface area contributed by atoms with E-state index in [1.165, 1.54) is 5.56 Å². The van der Waals surface area contributed by atoms with Gasteiger partial charge in [-0.15, -0.1) is 0 Å². The van der Waals surface area contributed by atoms with E-state index in [1.807, 2.05) is 32.1 Å². The molecule has 0 aliphatic heterocycles. The average Bonchev–Trinajstić information content (AvgIpc) is 2.28. The minimum absolute atomic E-state index is 0.872. The second-order valence-electron chi connectivity index (χ2n) is 4.11. The summed E-state index contributed by atoms with van der Waals surface area (Å²) in [5, 5.41) is 0. The first kappa shape index (κ1) is 13.3. The molecule has 0 bridgehead atoms. The van der Waals surface area contributed by atoms with Crippen LogP contribution in [0.4, 0.5) is 0 Å². The first-order chi connectivity index (χ1) is 8.08. The van der Waals surface area contributed by atoms with Crippen molar-refractivity contribution in [3.05, 3.63) is 65.5 Å². The van der Waals surface area contributed by atoms with Gasteiger partial charge in [-0.25, -0.2) is 0 Å². The summed E-state index contributed by atoms with van der Waals surface area (Å²) in [4.78, 5) is 0. The molecule has 1 heteroatoms. The molecule has 0 aliphatic rings. The highest BCUT2D eigenvalue weighted by molar-refractivity contribution is 5.39. The van der Waals surface area contributed by atoms with Crippen LogP contribution in [0.5, 0.6) is 5.75 Å². The summed E-state index contributed by atoms with van der Waals surface area (Å²) in [5.41, 5.74) is 3.47. The van der Waals surface area contributed by atoms with Crippen LogP contribution in [0.15, 0.2) is 54.3 Å². The summed E-state index contributed by atoms with van der Waals surface area (Å²) < 4.78 is 5.91. The first-order valence-corrected chi connectivity index (χ1v) is 5.79. The fraction of sp³-hybridized carbons (Fsp3) is 0.250. The van der Waals surface area contributed by atoms with Gasteiger partial charge in [-0.2, -0.15) is 0 Å². The van der Waals surface area contributed by atoms with Crippen molar-refractivity contribution in [2.45, 2.75) is 27.7 Å². The summed E-state index contributed by atoms with van der Waals surface area (Å²) in [6, 6.07) is 6.19. The summed E-state index contributed by atoms with van der Waals surface area (Å²) in [6.07, 6.45) is 5.68. The lowest BCUT2D eigenvalue weighted by atomic mass is 10.1. The summed E-state index contributed by atoms with van der Waals surface area (Å²) in [7, 11) is 0. The maximum absolute atomic E-state index is 5.91. The van der Waals surface area contributed by atoms with Gasteiger partial charge in [0.25, 0.3) is 0 Å². The van der Waals surface area contributed by atoms with Crippen molar-refractivity contribution in [3.8, 4) is 5.75 Å².